The largest absolute Gasteiger partial charge is 0.462 e. The Kier molecular flexibility index (Phi) is 18.4. The zero-order valence-electron chi connectivity index (χ0n) is 38.9. The van der Waals surface area contributed by atoms with E-state index in [2.05, 4.69) is 10.3 Å². The lowest BCUT2D eigenvalue weighted by atomic mass is 9.89. The molecule has 1 amide bonds. The smallest absolute Gasteiger partial charge is 0.367 e. The number of rotatable bonds is 19. The first-order valence-electron chi connectivity index (χ1n) is 21.5. The zero-order chi connectivity index (χ0) is 51.3. The molecule has 0 spiro atoms. The molecule has 0 radical (unpaired) electrons. The molecule has 2 fully saturated rings. The van der Waals surface area contributed by atoms with Gasteiger partial charge in [0, 0.05) is 60.2 Å². The standard InChI is InChI=1S/C46H51N3O21/c1-24(50)60-22-34(64-26(3)52)38(66-28(5)54)40-37(65-27(4)53)33(63-25(2)51)20-46(70-40,44(58)61-21-31-14-10-8-11-15-31)62-23-35-39(67-29(6)55)41(68-30(7)56)43(69-35)49-19-18-36(48-45(49)59)47-42(57)32-16-12-9-13-17-32/h8-19,33-35,37-41,43H,20-23H2,1-7H3,(H,47,48,57,59)/t33-,34+,35+,37+,38-,39+,40+,41+,43+,46-/m0/s1. The van der Waals surface area contributed by atoms with Crippen LogP contribution in [0.25, 0.3) is 0 Å². The second kappa shape index (κ2) is 24.1. The highest BCUT2D eigenvalue weighted by molar-refractivity contribution is 6.03. The van der Waals surface area contributed by atoms with Crippen molar-refractivity contribution in [2.45, 2.75) is 122 Å². The number of esters is 8. The SMILES string of the molecule is CC(=O)OC[C@@H](OC(C)=O)[C@H](OC(C)=O)[C@@H]1O[C@](OC[C@H]2O[C@@H](n3ccc(NC(=O)c4ccccc4)nc3=O)[C@H](OC(C)=O)[C@@H]2OC(C)=O)(C(=O)OCc2ccccc2)C[C@H](OC(C)=O)[C@H]1OC(C)=O. The molecule has 0 saturated carbocycles. The van der Waals surface area contributed by atoms with Crippen molar-refractivity contribution in [3.8, 4) is 0 Å². The number of hydrogen-bond acceptors (Lipinski definition) is 22. The first-order valence-corrected chi connectivity index (χ1v) is 21.5. The summed E-state index contributed by atoms with van der Waals surface area (Å²) in [5.74, 6) is -11.7. The van der Waals surface area contributed by atoms with E-state index < -0.39 is 146 Å². The zero-order valence-corrected chi connectivity index (χ0v) is 38.9. The quantitative estimate of drug-likeness (QED) is 0.132. The normalized spacial score (nSPS) is 23.5. The third kappa shape index (κ3) is 14.5. The Bertz CT molecular complexity index is 2470. The molecule has 0 bridgehead atoms. The minimum absolute atomic E-state index is 0.168. The molecule has 2 aliphatic rings. The second-order valence-electron chi connectivity index (χ2n) is 15.7. The van der Waals surface area contributed by atoms with Gasteiger partial charge in [-0.2, -0.15) is 4.98 Å². The molecule has 10 atom stereocenters. The van der Waals surface area contributed by atoms with Crippen molar-refractivity contribution in [2.75, 3.05) is 18.5 Å². The molecule has 3 heterocycles. The molecule has 3 aromatic rings. The number of aromatic nitrogens is 2. The number of nitrogens with zero attached hydrogens (tertiary/aromatic N) is 2. The van der Waals surface area contributed by atoms with E-state index >= 15 is 0 Å². The molecule has 70 heavy (non-hydrogen) atoms. The molecule has 5 rings (SSSR count). The van der Waals surface area contributed by atoms with Gasteiger partial charge >= 0.3 is 53.4 Å². The van der Waals surface area contributed by atoms with Crippen LogP contribution in [0.4, 0.5) is 5.82 Å². The van der Waals surface area contributed by atoms with Crippen LogP contribution in [-0.2, 0) is 97.1 Å². The first kappa shape index (κ1) is 53.4. The van der Waals surface area contributed by atoms with Crippen LogP contribution >= 0.6 is 0 Å². The van der Waals surface area contributed by atoms with Crippen molar-refractivity contribution in [3.63, 3.8) is 0 Å². The molecule has 376 valence electrons. The van der Waals surface area contributed by atoms with E-state index in [0.717, 1.165) is 59.2 Å². The van der Waals surface area contributed by atoms with Crippen LogP contribution in [0.5, 0.6) is 0 Å². The Labute approximate surface area is 399 Å². The number of hydrogen-bond donors (Lipinski definition) is 1. The van der Waals surface area contributed by atoms with E-state index in [1.807, 2.05) is 0 Å². The minimum Gasteiger partial charge on any atom is -0.462 e. The summed E-state index contributed by atoms with van der Waals surface area (Å²) < 4.78 is 64.2. The summed E-state index contributed by atoms with van der Waals surface area (Å²) in [6.07, 6.45) is -15.5. The van der Waals surface area contributed by atoms with E-state index in [-0.39, 0.29) is 11.4 Å². The number of nitrogens with one attached hydrogen (secondary N) is 1. The highest BCUT2D eigenvalue weighted by atomic mass is 16.8. The minimum atomic E-state index is -2.84. The van der Waals surface area contributed by atoms with E-state index in [1.165, 1.54) is 18.2 Å². The highest BCUT2D eigenvalue weighted by Crippen LogP contribution is 2.41. The number of carbonyl (C=O) groups excluding carboxylic acids is 9. The Morgan fingerprint density at radius 2 is 1.29 bits per heavy atom. The van der Waals surface area contributed by atoms with Gasteiger partial charge < -0.3 is 57.4 Å². The maximum atomic E-state index is 14.7. The average molecular weight is 982 g/mol. The molecule has 0 unspecified atom stereocenters. The molecular weight excluding hydrogens is 931 g/mol. The van der Waals surface area contributed by atoms with Crippen molar-refractivity contribution < 1.29 is 95.3 Å². The molecule has 2 aromatic carbocycles. The summed E-state index contributed by atoms with van der Waals surface area (Å²) in [7, 11) is 0. The van der Waals surface area contributed by atoms with Gasteiger partial charge in [0.15, 0.2) is 36.7 Å². The number of carbonyl (C=O) groups is 9. The van der Waals surface area contributed by atoms with Crippen molar-refractivity contribution in [1.82, 2.24) is 9.55 Å². The molecular formula is C46H51N3O21. The Hall–Kier alpha value is -7.57. The fourth-order valence-electron chi connectivity index (χ4n) is 7.50. The molecule has 1 N–H and O–H groups in total. The fraction of sp³-hybridized carbons (Fsp3) is 0.457. The summed E-state index contributed by atoms with van der Waals surface area (Å²) in [6, 6.07) is 17.5. The molecule has 1 aromatic heterocycles. The van der Waals surface area contributed by atoms with Crippen molar-refractivity contribution in [2.24, 2.45) is 0 Å². The number of amides is 1. The lowest BCUT2D eigenvalue weighted by molar-refractivity contribution is -0.336. The summed E-state index contributed by atoms with van der Waals surface area (Å²) in [5, 5.41) is 2.50. The third-order valence-electron chi connectivity index (χ3n) is 10.1. The van der Waals surface area contributed by atoms with Crippen LogP contribution in [0, 0.1) is 0 Å². The van der Waals surface area contributed by atoms with Gasteiger partial charge in [-0.05, 0) is 23.8 Å². The molecule has 2 aliphatic heterocycles. The summed E-state index contributed by atoms with van der Waals surface area (Å²) in [6.45, 7) is 4.87. The van der Waals surface area contributed by atoms with Crippen LogP contribution in [0.15, 0.2) is 77.7 Å². The monoisotopic (exact) mass is 981 g/mol. The van der Waals surface area contributed by atoms with Crippen LogP contribution < -0.4 is 11.0 Å². The summed E-state index contributed by atoms with van der Waals surface area (Å²) in [5.41, 5.74) is -0.310. The fourth-order valence-corrected chi connectivity index (χ4v) is 7.50. The van der Waals surface area contributed by atoms with Gasteiger partial charge in [-0.15, -0.1) is 0 Å². The van der Waals surface area contributed by atoms with E-state index in [0.29, 0.717) is 5.56 Å². The van der Waals surface area contributed by atoms with Gasteiger partial charge in [0.1, 0.15) is 37.3 Å². The van der Waals surface area contributed by atoms with Crippen LogP contribution in [0.2, 0.25) is 0 Å². The molecule has 2 saturated heterocycles. The molecule has 24 heteroatoms. The topological polar surface area (TPSA) is 302 Å². The van der Waals surface area contributed by atoms with Crippen LogP contribution in [0.1, 0.15) is 77.0 Å². The maximum Gasteiger partial charge on any atom is 0.367 e. The van der Waals surface area contributed by atoms with E-state index in [4.69, 9.17) is 52.1 Å². The lowest BCUT2D eigenvalue weighted by Gasteiger charge is -2.48. The van der Waals surface area contributed by atoms with Gasteiger partial charge in [-0.1, -0.05) is 48.5 Å². The van der Waals surface area contributed by atoms with Crippen LogP contribution in [0.3, 0.4) is 0 Å². The Balaban J connectivity index is 1.62. The van der Waals surface area contributed by atoms with Gasteiger partial charge in [-0.25, -0.2) is 9.59 Å². The number of ether oxygens (including phenoxy) is 11. The average Bonchev–Trinajstić information content (AvgIpc) is 3.60. The van der Waals surface area contributed by atoms with E-state index in [9.17, 15) is 47.9 Å². The Morgan fingerprint density at radius 1 is 0.700 bits per heavy atom. The van der Waals surface area contributed by atoms with Crippen molar-refractivity contribution >= 4 is 59.5 Å². The van der Waals surface area contributed by atoms with E-state index in [1.54, 1.807) is 48.5 Å². The van der Waals surface area contributed by atoms with Gasteiger partial charge in [0.2, 0.25) is 0 Å². The predicted molar refractivity (Wildman–Crippen MR) is 231 cm³/mol. The lowest BCUT2D eigenvalue weighted by Crippen LogP contribution is -2.66. The predicted octanol–water partition coefficient (Wildman–Crippen LogP) is 1.79. The molecule has 24 nitrogen and oxygen atoms in total. The van der Waals surface area contributed by atoms with Crippen molar-refractivity contribution in [1.29, 1.82) is 0 Å². The third-order valence-corrected chi connectivity index (χ3v) is 10.1. The number of benzene rings is 2. The van der Waals surface area contributed by atoms with Gasteiger partial charge in [0.05, 0.1) is 13.0 Å². The highest BCUT2D eigenvalue weighted by Gasteiger charge is 2.61. The van der Waals surface area contributed by atoms with Crippen molar-refractivity contribution in [3.05, 3.63) is 94.5 Å². The maximum absolute atomic E-state index is 14.7. The first-order chi connectivity index (χ1) is 33.2. The second-order valence-corrected chi connectivity index (χ2v) is 15.7. The summed E-state index contributed by atoms with van der Waals surface area (Å²) in [4.78, 5) is 133. The number of anilines is 1. The van der Waals surface area contributed by atoms with Gasteiger partial charge in [0.25, 0.3) is 11.7 Å². The van der Waals surface area contributed by atoms with Crippen LogP contribution in [-0.4, -0.2) is 131 Å². The summed E-state index contributed by atoms with van der Waals surface area (Å²) >= 11 is 0. The Morgan fingerprint density at radius 3 is 1.86 bits per heavy atom. The van der Waals surface area contributed by atoms with Gasteiger partial charge in [-0.3, -0.25) is 42.9 Å². The molecule has 0 aliphatic carbocycles.